The highest BCUT2D eigenvalue weighted by Crippen LogP contribution is 2.33. The molecule has 3 heterocycles. The summed E-state index contributed by atoms with van der Waals surface area (Å²) < 4.78 is 0.589. The number of thioether (sulfide) groups is 1. The van der Waals surface area contributed by atoms with Crippen LogP contribution >= 0.6 is 23.1 Å². The van der Waals surface area contributed by atoms with Crippen LogP contribution in [-0.4, -0.2) is 20.2 Å². The van der Waals surface area contributed by atoms with E-state index in [0.717, 1.165) is 16.1 Å². The summed E-state index contributed by atoms with van der Waals surface area (Å²) in [6.07, 6.45) is 3.16. The van der Waals surface area contributed by atoms with E-state index >= 15 is 0 Å². The Labute approximate surface area is 134 Å². The van der Waals surface area contributed by atoms with Crippen molar-refractivity contribution in [3.8, 4) is 10.4 Å². The molecular weight excluding hydrogens is 318 g/mol. The molecule has 3 aromatic rings. The average molecular weight is 331 g/mol. The normalized spacial score (nSPS) is 11.5. The highest BCUT2D eigenvalue weighted by Gasteiger charge is 2.13. The van der Waals surface area contributed by atoms with Crippen LogP contribution in [0.5, 0.6) is 0 Å². The van der Waals surface area contributed by atoms with Crippen molar-refractivity contribution in [1.82, 2.24) is 20.2 Å². The van der Waals surface area contributed by atoms with Crippen LogP contribution in [0.2, 0.25) is 0 Å². The van der Waals surface area contributed by atoms with E-state index < -0.39 is 0 Å². The van der Waals surface area contributed by atoms with Gasteiger partial charge in [0.25, 0.3) is 5.56 Å². The first-order valence-corrected chi connectivity index (χ1v) is 8.06. The molecule has 0 radical (unpaired) electrons. The largest absolute Gasteiger partial charge is 0.404 e. The summed E-state index contributed by atoms with van der Waals surface area (Å²) in [5.74, 6) is 0.453. The average Bonchev–Trinajstić information content (AvgIpc) is 3.10. The van der Waals surface area contributed by atoms with Crippen molar-refractivity contribution < 1.29 is 0 Å². The number of nitrogens with zero attached hydrogens (tertiary/aromatic N) is 2. The smallest absolute Gasteiger partial charge is 0.269 e. The van der Waals surface area contributed by atoms with Gasteiger partial charge in [0.15, 0.2) is 0 Å². The molecule has 0 bridgehead atoms. The van der Waals surface area contributed by atoms with Gasteiger partial charge >= 0.3 is 0 Å². The minimum absolute atomic E-state index is 0.170. The zero-order valence-corrected chi connectivity index (χ0v) is 13.3. The number of hydrogen-bond donors (Lipinski definition) is 3. The van der Waals surface area contributed by atoms with Crippen LogP contribution in [0, 0.1) is 6.92 Å². The number of nitrogens with two attached hydrogens (primary N) is 1. The van der Waals surface area contributed by atoms with Crippen LogP contribution in [-0.2, 0) is 0 Å². The number of thiophene rings is 1. The van der Waals surface area contributed by atoms with Crippen molar-refractivity contribution in [2.24, 2.45) is 5.73 Å². The van der Waals surface area contributed by atoms with E-state index in [9.17, 15) is 4.79 Å². The molecule has 3 aromatic heterocycles. The number of aryl methyl sites for hydroxylation is 1. The van der Waals surface area contributed by atoms with Crippen LogP contribution < -0.4 is 11.3 Å². The van der Waals surface area contributed by atoms with Gasteiger partial charge in [-0.25, -0.2) is 4.98 Å². The Morgan fingerprint density at radius 2 is 2.36 bits per heavy atom. The van der Waals surface area contributed by atoms with E-state index in [4.69, 9.17) is 5.73 Å². The third-order valence-electron chi connectivity index (χ3n) is 3.03. The van der Waals surface area contributed by atoms with Gasteiger partial charge < -0.3 is 10.7 Å². The standard InChI is InChI=1S/C14H13N5OS2/c1-7-9(6-16-19-7)11-5-10-12(22-11)14(20)18-13(17-10)8(2)21-4-3-15/h3-6H,2,15H2,1H3,(H,16,19)(H,17,18,20)/b4-3-. The molecule has 0 aromatic carbocycles. The lowest BCUT2D eigenvalue weighted by molar-refractivity contribution is 1.05. The molecule has 0 aliphatic heterocycles. The highest BCUT2D eigenvalue weighted by atomic mass is 32.2. The SMILES string of the molecule is C=C(S/C=C\N)c1nc2cc(-c3cn[nH]c3C)sc2c(=O)[nH]1. The molecule has 22 heavy (non-hydrogen) atoms. The van der Waals surface area contributed by atoms with E-state index in [-0.39, 0.29) is 5.56 Å². The fourth-order valence-corrected chi connectivity index (χ4v) is 3.49. The van der Waals surface area contributed by atoms with Gasteiger partial charge in [0.05, 0.1) is 11.7 Å². The van der Waals surface area contributed by atoms with E-state index in [1.807, 2.05) is 13.0 Å². The summed E-state index contributed by atoms with van der Waals surface area (Å²) >= 11 is 2.71. The number of H-pyrrole nitrogens is 2. The second kappa shape index (κ2) is 5.82. The van der Waals surface area contributed by atoms with Gasteiger partial charge in [0.2, 0.25) is 0 Å². The van der Waals surface area contributed by atoms with Crippen LogP contribution in [0.1, 0.15) is 11.5 Å². The molecule has 112 valence electrons. The zero-order valence-electron chi connectivity index (χ0n) is 11.7. The second-order valence-corrected chi connectivity index (χ2v) is 6.57. The van der Waals surface area contributed by atoms with Crippen molar-refractivity contribution >= 4 is 38.2 Å². The third-order valence-corrected chi connectivity index (χ3v) is 4.96. The van der Waals surface area contributed by atoms with Crippen molar-refractivity contribution in [1.29, 1.82) is 0 Å². The fourth-order valence-electron chi connectivity index (χ4n) is 1.98. The molecule has 0 atom stereocenters. The maximum Gasteiger partial charge on any atom is 0.269 e. The van der Waals surface area contributed by atoms with E-state index in [1.165, 1.54) is 29.3 Å². The first kappa shape index (κ1) is 14.6. The molecule has 3 rings (SSSR count). The molecule has 0 aliphatic carbocycles. The maximum absolute atomic E-state index is 12.2. The summed E-state index contributed by atoms with van der Waals surface area (Å²) in [6, 6.07) is 1.90. The van der Waals surface area contributed by atoms with Crippen LogP contribution in [0.3, 0.4) is 0 Å². The molecule has 0 fully saturated rings. The van der Waals surface area contributed by atoms with Gasteiger partial charge in [-0.3, -0.25) is 9.89 Å². The number of hydrogen-bond acceptors (Lipinski definition) is 6. The number of aromatic nitrogens is 4. The minimum atomic E-state index is -0.170. The molecule has 0 aliphatic rings. The van der Waals surface area contributed by atoms with Crippen LogP contribution in [0.4, 0.5) is 0 Å². The van der Waals surface area contributed by atoms with E-state index in [2.05, 4.69) is 26.7 Å². The molecule has 0 saturated heterocycles. The third kappa shape index (κ3) is 2.58. The topological polar surface area (TPSA) is 100 Å². The van der Waals surface area contributed by atoms with Crippen molar-refractivity contribution in [3.05, 3.63) is 52.3 Å². The first-order valence-electron chi connectivity index (χ1n) is 6.37. The monoisotopic (exact) mass is 331 g/mol. The molecule has 0 saturated carbocycles. The predicted octanol–water partition coefficient (Wildman–Crippen LogP) is 2.82. The first-order chi connectivity index (χ1) is 10.6. The number of nitrogens with one attached hydrogen (secondary N) is 2. The van der Waals surface area contributed by atoms with Crippen LogP contribution in [0.15, 0.2) is 35.2 Å². The molecule has 6 nitrogen and oxygen atoms in total. The molecule has 0 unspecified atom stereocenters. The van der Waals surface area contributed by atoms with Gasteiger partial charge in [-0.1, -0.05) is 18.3 Å². The number of rotatable bonds is 4. The van der Waals surface area contributed by atoms with Gasteiger partial charge in [-0.2, -0.15) is 5.10 Å². The Morgan fingerprint density at radius 3 is 3.05 bits per heavy atom. The number of aromatic amines is 2. The summed E-state index contributed by atoms with van der Waals surface area (Å²) in [4.78, 5) is 21.1. The number of fused-ring (bicyclic) bond motifs is 1. The summed E-state index contributed by atoms with van der Waals surface area (Å²) in [5.41, 5.74) is 7.72. The lowest BCUT2D eigenvalue weighted by atomic mass is 10.2. The second-order valence-electron chi connectivity index (χ2n) is 4.52. The Morgan fingerprint density at radius 1 is 1.55 bits per heavy atom. The van der Waals surface area contributed by atoms with Crippen molar-refractivity contribution in [2.75, 3.05) is 0 Å². The molecule has 8 heteroatoms. The van der Waals surface area contributed by atoms with Gasteiger partial charge in [0.1, 0.15) is 10.5 Å². The highest BCUT2D eigenvalue weighted by molar-refractivity contribution is 8.10. The molecule has 0 amide bonds. The summed E-state index contributed by atoms with van der Waals surface area (Å²) in [6.45, 7) is 5.83. The summed E-state index contributed by atoms with van der Waals surface area (Å²) in [7, 11) is 0. The zero-order chi connectivity index (χ0) is 15.7. The molecular formula is C14H13N5OS2. The minimum Gasteiger partial charge on any atom is -0.404 e. The Balaban J connectivity index is 2.09. The Kier molecular flexibility index (Phi) is 3.86. The van der Waals surface area contributed by atoms with Crippen molar-refractivity contribution in [3.63, 3.8) is 0 Å². The lowest BCUT2D eigenvalue weighted by Crippen LogP contribution is -2.08. The maximum atomic E-state index is 12.2. The van der Waals surface area contributed by atoms with Crippen LogP contribution in [0.25, 0.3) is 25.6 Å². The van der Waals surface area contributed by atoms with Gasteiger partial charge in [-0.15, -0.1) is 11.3 Å². The Bertz CT molecular complexity index is 934. The fraction of sp³-hybridized carbons (Fsp3) is 0.0714. The van der Waals surface area contributed by atoms with Gasteiger partial charge in [0, 0.05) is 27.2 Å². The quantitative estimate of drug-likeness (QED) is 0.682. The predicted molar refractivity (Wildman–Crippen MR) is 92.5 cm³/mol. The van der Waals surface area contributed by atoms with Crippen molar-refractivity contribution in [2.45, 2.75) is 6.92 Å². The molecule has 4 N–H and O–H groups in total. The molecule has 0 spiro atoms. The summed E-state index contributed by atoms with van der Waals surface area (Å²) in [5, 5.41) is 8.58. The van der Waals surface area contributed by atoms with E-state index in [0.29, 0.717) is 20.9 Å². The lowest BCUT2D eigenvalue weighted by Gasteiger charge is -2.00. The Hall–Kier alpha value is -2.32. The van der Waals surface area contributed by atoms with Gasteiger partial charge in [-0.05, 0) is 18.4 Å². The van der Waals surface area contributed by atoms with E-state index in [1.54, 1.807) is 11.6 Å².